The first kappa shape index (κ1) is 23.1. The topological polar surface area (TPSA) is 110 Å². The molecular weight excluding hydrogens is 449 g/mol. The van der Waals surface area contributed by atoms with E-state index in [2.05, 4.69) is 5.32 Å². The first-order valence-corrected chi connectivity index (χ1v) is 11.5. The Kier molecular flexibility index (Phi) is 6.93. The monoisotopic (exact) mass is 469 g/mol. The minimum absolute atomic E-state index is 0.0563. The number of anilines is 1. The number of rotatable bonds is 6. The number of aryl methyl sites for hydroxylation is 1. The molecule has 1 N–H and O–H groups in total. The lowest BCUT2D eigenvalue weighted by atomic mass is 9.97. The second kappa shape index (κ2) is 9.29. The molecule has 0 radical (unpaired) electrons. The molecule has 0 atom stereocenters. The summed E-state index contributed by atoms with van der Waals surface area (Å²) >= 11 is 5.70. The highest BCUT2D eigenvalue weighted by atomic mass is 35.5. The van der Waals surface area contributed by atoms with Gasteiger partial charge in [0.15, 0.2) is 0 Å². The number of hydrogen-bond donors (Lipinski definition) is 1. The van der Waals surface area contributed by atoms with Crippen molar-refractivity contribution in [2.24, 2.45) is 5.92 Å². The van der Waals surface area contributed by atoms with Crippen LogP contribution in [0.25, 0.3) is 0 Å². The molecular formula is C20H21ClFN3O5S. The quantitative estimate of drug-likeness (QED) is 0.508. The number of nitrogens with zero attached hydrogens (tertiary/aromatic N) is 2. The van der Waals surface area contributed by atoms with Gasteiger partial charge in [-0.1, -0.05) is 24.6 Å². The number of sulfonamides is 1. The Balaban J connectivity index is 1.65. The van der Waals surface area contributed by atoms with Gasteiger partial charge in [0.05, 0.1) is 14.8 Å². The summed E-state index contributed by atoms with van der Waals surface area (Å²) in [5.41, 5.74) is 0.839. The Morgan fingerprint density at radius 1 is 1.26 bits per heavy atom. The molecule has 1 saturated heterocycles. The van der Waals surface area contributed by atoms with E-state index in [-0.39, 0.29) is 47.4 Å². The van der Waals surface area contributed by atoms with Crippen molar-refractivity contribution in [3.05, 3.63) is 62.9 Å². The molecule has 0 bridgehead atoms. The fourth-order valence-corrected chi connectivity index (χ4v) is 5.24. The lowest BCUT2D eigenvalue weighted by molar-refractivity contribution is -0.385. The molecule has 1 fully saturated rings. The lowest BCUT2D eigenvalue weighted by Crippen LogP contribution is -2.41. The molecule has 0 spiro atoms. The van der Waals surface area contributed by atoms with Gasteiger partial charge in [-0.3, -0.25) is 14.9 Å². The van der Waals surface area contributed by atoms with Gasteiger partial charge >= 0.3 is 0 Å². The smallest absolute Gasteiger partial charge is 0.274 e. The van der Waals surface area contributed by atoms with Gasteiger partial charge in [0.1, 0.15) is 5.82 Å². The molecule has 0 aliphatic carbocycles. The first-order valence-electron chi connectivity index (χ1n) is 9.67. The van der Waals surface area contributed by atoms with Crippen molar-refractivity contribution in [3.63, 3.8) is 0 Å². The van der Waals surface area contributed by atoms with Crippen LogP contribution in [0.15, 0.2) is 41.3 Å². The van der Waals surface area contributed by atoms with Crippen LogP contribution < -0.4 is 5.32 Å². The van der Waals surface area contributed by atoms with Crippen LogP contribution in [0.1, 0.15) is 25.3 Å². The maximum absolute atomic E-state index is 13.3. The molecule has 1 aliphatic heterocycles. The zero-order valence-electron chi connectivity index (χ0n) is 16.7. The van der Waals surface area contributed by atoms with E-state index in [9.17, 15) is 27.7 Å². The van der Waals surface area contributed by atoms with Crippen molar-refractivity contribution in [2.45, 2.75) is 31.1 Å². The molecule has 8 nitrogen and oxygen atoms in total. The van der Waals surface area contributed by atoms with Crippen molar-refractivity contribution in [1.82, 2.24) is 4.31 Å². The van der Waals surface area contributed by atoms with Crippen LogP contribution in [0.3, 0.4) is 0 Å². The number of benzene rings is 2. The molecule has 0 aromatic heterocycles. The van der Waals surface area contributed by atoms with E-state index >= 15 is 0 Å². The van der Waals surface area contributed by atoms with Crippen LogP contribution in [-0.4, -0.2) is 36.6 Å². The molecule has 11 heteroatoms. The molecule has 1 amide bonds. The third-order valence-corrected chi connectivity index (χ3v) is 7.47. The van der Waals surface area contributed by atoms with Gasteiger partial charge in [-0.2, -0.15) is 4.31 Å². The molecule has 0 unspecified atom stereocenters. The minimum Gasteiger partial charge on any atom is -0.326 e. The third-order valence-electron chi connectivity index (χ3n) is 5.28. The molecule has 2 aromatic carbocycles. The lowest BCUT2D eigenvalue weighted by Gasteiger charge is -2.30. The van der Waals surface area contributed by atoms with Gasteiger partial charge in [0.2, 0.25) is 15.9 Å². The predicted molar refractivity (Wildman–Crippen MR) is 114 cm³/mol. The molecule has 1 heterocycles. The van der Waals surface area contributed by atoms with E-state index in [1.807, 2.05) is 6.92 Å². The van der Waals surface area contributed by atoms with Gasteiger partial charge in [0.25, 0.3) is 5.69 Å². The summed E-state index contributed by atoms with van der Waals surface area (Å²) < 4.78 is 40.1. The largest absolute Gasteiger partial charge is 0.326 e. The number of halogens is 2. The fraction of sp³-hybridized carbons (Fsp3) is 0.350. The van der Waals surface area contributed by atoms with Crippen molar-refractivity contribution in [2.75, 3.05) is 18.4 Å². The molecule has 0 saturated carbocycles. The van der Waals surface area contributed by atoms with Crippen LogP contribution in [0.5, 0.6) is 0 Å². The Bertz CT molecular complexity index is 1120. The Morgan fingerprint density at radius 3 is 2.52 bits per heavy atom. The van der Waals surface area contributed by atoms with E-state index in [1.54, 1.807) is 12.1 Å². The average molecular weight is 470 g/mol. The molecule has 31 heavy (non-hydrogen) atoms. The standard InChI is InChI=1S/C20H21ClFN3O5S/c1-2-13-3-4-15(11-19(13)25(27)28)23-20(26)14-7-9-24(10-8-14)31(29,30)16-5-6-18(22)17(21)12-16/h3-6,11-12,14H,2,7-10H2,1H3,(H,23,26). The SMILES string of the molecule is CCc1ccc(NC(=O)C2CCN(S(=O)(=O)c3ccc(F)c(Cl)c3)CC2)cc1[N+](=O)[O-]. The van der Waals surface area contributed by atoms with Gasteiger partial charge in [0, 0.05) is 36.3 Å². The summed E-state index contributed by atoms with van der Waals surface area (Å²) in [4.78, 5) is 23.2. The number of nitro groups is 1. The minimum atomic E-state index is -3.86. The number of nitro benzene ring substituents is 1. The van der Waals surface area contributed by atoms with Crippen molar-refractivity contribution in [1.29, 1.82) is 0 Å². The molecule has 3 rings (SSSR count). The second-order valence-corrected chi connectivity index (χ2v) is 9.54. The van der Waals surface area contributed by atoms with Crippen LogP contribution in [0.2, 0.25) is 5.02 Å². The van der Waals surface area contributed by atoms with Crippen LogP contribution >= 0.6 is 11.6 Å². The highest BCUT2D eigenvalue weighted by Crippen LogP contribution is 2.28. The number of piperidine rings is 1. The van der Waals surface area contributed by atoms with Crippen molar-refractivity contribution >= 4 is 38.9 Å². The number of carbonyl (C=O) groups excluding carboxylic acids is 1. The van der Waals surface area contributed by atoms with Crippen molar-refractivity contribution < 1.29 is 22.5 Å². The summed E-state index contributed by atoms with van der Waals surface area (Å²) in [6.45, 7) is 2.04. The maximum Gasteiger partial charge on any atom is 0.274 e. The second-order valence-electron chi connectivity index (χ2n) is 7.20. The maximum atomic E-state index is 13.3. The van der Waals surface area contributed by atoms with Gasteiger partial charge < -0.3 is 5.32 Å². The van der Waals surface area contributed by atoms with E-state index in [1.165, 1.54) is 10.4 Å². The van der Waals surface area contributed by atoms with E-state index in [4.69, 9.17) is 11.6 Å². The van der Waals surface area contributed by atoms with Gasteiger partial charge in [-0.05, 0) is 43.5 Å². The van der Waals surface area contributed by atoms with E-state index in [0.29, 0.717) is 17.7 Å². The summed E-state index contributed by atoms with van der Waals surface area (Å²) in [6.07, 6.45) is 1.07. The molecule has 2 aromatic rings. The highest BCUT2D eigenvalue weighted by Gasteiger charge is 2.32. The van der Waals surface area contributed by atoms with Gasteiger partial charge in [-0.15, -0.1) is 0 Å². The number of amides is 1. The van der Waals surface area contributed by atoms with Crippen molar-refractivity contribution in [3.8, 4) is 0 Å². The summed E-state index contributed by atoms with van der Waals surface area (Å²) in [6, 6.07) is 7.77. The van der Waals surface area contributed by atoms with Crippen LogP contribution in [0, 0.1) is 21.8 Å². The van der Waals surface area contributed by atoms with Gasteiger partial charge in [-0.25, -0.2) is 12.8 Å². The summed E-state index contributed by atoms with van der Waals surface area (Å²) in [5, 5.41) is 13.6. The first-order chi connectivity index (χ1) is 14.6. The fourth-order valence-electron chi connectivity index (χ4n) is 3.50. The normalized spacial score (nSPS) is 15.6. The summed E-state index contributed by atoms with van der Waals surface area (Å²) in [5.74, 6) is -1.46. The molecule has 166 valence electrons. The average Bonchev–Trinajstić information content (AvgIpc) is 2.75. The van der Waals surface area contributed by atoms with Crippen LogP contribution in [-0.2, 0) is 21.2 Å². The zero-order chi connectivity index (χ0) is 22.8. The Labute approximate surface area is 184 Å². The number of carbonyl (C=O) groups is 1. The molecule has 1 aliphatic rings. The summed E-state index contributed by atoms with van der Waals surface area (Å²) in [7, 11) is -3.86. The van der Waals surface area contributed by atoms with E-state index in [0.717, 1.165) is 18.2 Å². The highest BCUT2D eigenvalue weighted by molar-refractivity contribution is 7.89. The third kappa shape index (κ3) is 5.03. The number of hydrogen-bond acceptors (Lipinski definition) is 5. The zero-order valence-corrected chi connectivity index (χ0v) is 18.2. The number of nitrogens with one attached hydrogen (secondary N) is 1. The Hall–Kier alpha value is -2.56. The predicted octanol–water partition coefficient (Wildman–Crippen LogP) is 3.99. The van der Waals surface area contributed by atoms with Crippen LogP contribution in [0.4, 0.5) is 15.8 Å². The Morgan fingerprint density at radius 2 is 1.94 bits per heavy atom. The van der Waals surface area contributed by atoms with E-state index < -0.39 is 26.7 Å².